The van der Waals surface area contributed by atoms with E-state index in [1.54, 1.807) is 12.1 Å². The van der Waals surface area contributed by atoms with E-state index in [2.05, 4.69) is 21.2 Å². The molecule has 0 bridgehead atoms. The molecule has 2 rings (SSSR count). The maximum atomic E-state index is 13.0. The van der Waals surface area contributed by atoms with E-state index in [0.29, 0.717) is 5.56 Å². The zero-order chi connectivity index (χ0) is 14.7. The molecule has 2 aromatic rings. The van der Waals surface area contributed by atoms with Gasteiger partial charge in [-0.1, -0.05) is 15.9 Å². The minimum atomic E-state index is -0.516. The number of nitrogens with zero attached hydrogens (tertiary/aromatic N) is 1. The maximum Gasteiger partial charge on any atom is 0.255 e. The first-order valence-corrected chi connectivity index (χ1v) is 6.57. The normalized spacial score (nSPS) is 9.90. The molecule has 1 amide bonds. The topological polar surface area (TPSA) is 52.9 Å². The lowest BCUT2D eigenvalue weighted by Gasteiger charge is -2.08. The summed E-state index contributed by atoms with van der Waals surface area (Å²) in [5.74, 6) is -0.865. The van der Waals surface area contributed by atoms with Crippen LogP contribution in [0.2, 0.25) is 0 Å². The molecule has 0 aliphatic rings. The van der Waals surface area contributed by atoms with Gasteiger partial charge >= 0.3 is 0 Å². The van der Waals surface area contributed by atoms with Gasteiger partial charge in [0.25, 0.3) is 5.91 Å². The predicted octanol–water partition coefficient (Wildman–Crippen LogP) is 4.02. The van der Waals surface area contributed by atoms with Gasteiger partial charge in [0.15, 0.2) is 0 Å². The second kappa shape index (κ2) is 5.85. The Morgan fingerprint density at radius 3 is 2.70 bits per heavy atom. The molecule has 0 spiro atoms. The molecule has 5 heteroatoms. The first kappa shape index (κ1) is 14.2. The molecule has 1 N–H and O–H groups in total. The van der Waals surface area contributed by atoms with Crippen LogP contribution >= 0.6 is 15.9 Å². The number of carbonyl (C=O) groups excluding carboxylic acids is 1. The summed E-state index contributed by atoms with van der Waals surface area (Å²) in [6, 6.07) is 10.8. The van der Waals surface area contributed by atoms with Gasteiger partial charge < -0.3 is 5.32 Å². The lowest BCUT2D eigenvalue weighted by Crippen LogP contribution is -2.13. The highest BCUT2D eigenvalue weighted by atomic mass is 79.9. The molecule has 3 nitrogen and oxygen atoms in total. The fraction of sp³-hybridized carbons (Fsp3) is 0.0667. The SMILES string of the molecule is Cc1cc(Br)cc(C(=O)Nc2ccc(F)cc2C#N)c1. The van der Waals surface area contributed by atoms with Crippen LogP contribution in [-0.4, -0.2) is 5.91 Å². The van der Waals surface area contributed by atoms with Crippen LogP contribution in [-0.2, 0) is 0 Å². The van der Waals surface area contributed by atoms with E-state index >= 15 is 0 Å². The second-order valence-electron chi connectivity index (χ2n) is 4.27. The monoisotopic (exact) mass is 332 g/mol. The van der Waals surface area contributed by atoms with Crippen molar-refractivity contribution in [3.8, 4) is 6.07 Å². The third kappa shape index (κ3) is 3.22. The van der Waals surface area contributed by atoms with Gasteiger partial charge in [0.05, 0.1) is 11.3 Å². The number of anilines is 1. The molecule has 2 aromatic carbocycles. The van der Waals surface area contributed by atoms with Crippen LogP contribution in [0.5, 0.6) is 0 Å². The molecule has 0 saturated heterocycles. The van der Waals surface area contributed by atoms with E-state index in [1.807, 2.05) is 19.1 Å². The molecule has 0 saturated carbocycles. The molecule has 0 aromatic heterocycles. The van der Waals surface area contributed by atoms with E-state index in [9.17, 15) is 9.18 Å². The Kier molecular flexibility index (Phi) is 4.16. The number of halogens is 2. The van der Waals surface area contributed by atoms with E-state index in [0.717, 1.165) is 16.1 Å². The Morgan fingerprint density at radius 1 is 1.30 bits per heavy atom. The number of hydrogen-bond acceptors (Lipinski definition) is 2. The van der Waals surface area contributed by atoms with Crippen LogP contribution in [0.3, 0.4) is 0 Å². The van der Waals surface area contributed by atoms with Gasteiger partial charge in [-0.25, -0.2) is 4.39 Å². The highest BCUT2D eigenvalue weighted by Gasteiger charge is 2.11. The Morgan fingerprint density at radius 2 is 2.05 bits per heavy atom. The lowest BCUT2D eigenvalue weighted by molar-refractivity contribution is 0.102. The quantitative estimate of drug-likeness (QED) is 0.902. The molecule has 0 unspecified atom stereocenters. The van der Waals surface area contributed by atoms with Crippen molar-refractivity contribution in [2.75, 3.05) is 5.32 Å². The molecule has 100 valence electrons. The van der Waals surface area contributed by atoms with Gasteiger partial charge in [-0.15, -0.1) is 0 Å². The molecular weight excluding hydrogens is 323 g/mol. The van der Waals surface area contributed by atoms with Gasteiger partial charge in [0, 0.05) is 10.0 Å². The largest absolute Gasteiger partial charge is 0.321 e. The van der Waals surface area contributed by atoms with Crippen molar-refractivity contribution in [2.45, 2.75) is 6.92 Å². The minimum Gasteiger partial charge on any atom is -0.321 e. The van der Waals surface area contributed by atoms with Crippen LogP contribution in [0.25, 0.3) is 0 Å². The van der Waals surface area contributed by atoms with Crippen molar-refractivity contribution < 1.29 is 9.18 Å². The average molecular weight is 333 g/mol. The first-order valence-electron chi connectivity index (χ1n) is 5.78. The van der Waals surface area contributed by atoms with Crippen molar-refractivity contribution in [3.05, 3.63) is 63.4 Å². The smallest absolute Gasteiger partial charge is 0.255 e. The Bertz CT molecular complexity index is 702. The molecule has 20 heavy (non-hydrogen) atoms. The van der Waals surface area contributed by atoms with Gasteiger partial charge in [0.2, 0.25) is 0 Å². The summed E-state index contributed by atoms with van der Waals surface area (Å²) in [6.45, 7) is 1.88. The third-order valence-electron chi connectivity index (χ3n) is 2.65. The first-order chi connectivity index (χ1) is 9.49. The summed E-state index contributed by atoms with van der Waals surface area (Å²) in [5, 5.41) is 11.5. The number of rotatable bonds is 2. The van der Waals surface area contributed by atoms with Crippen LogP contribution in [0.4, 0.5) is 10.1 Å². The Labute approximate surface area is 124 Å². The zero-order valence-electron chi connectivity index (χ0n) is 10.6. The standard InChI is InChI=1S/C15H10BrFN2O/c1-9-4-10(6-12(16)5-9)15(20)19-14-3-2-13(17)7-11(14)8-18/h2-7H,1H3,(H,19,20). The summed E-state index contributed by atoms with van der Waals surface area (Å²) in [4.78, 5) is 12.1. The highest BCUT2D eigenvalue weighted by Crippen LogP contribution is 2.19. The van der Waals surface area contributed by atoms with Crippen molar-refractivity contribution in [2.24, 2.45) is 0 Å². The molecule has 0 heterocycles. The molecule has 0 aliphatic heterocycles. The van der Waals surface area contributed by atoms with E-state index < -0.39 is 5.82 Å². The molecule has 0 atom stereocenters. The molecule has 0 fully saturated rings. The van der Waals surface area contributed by atoms with Crippen LogP contribution in [0.1, 0.15) is 21.5 Å². The average Bonchev–Trinajstić information content (AvgIpc) is 2.39. The number of carbonyl (C=O) groups is 1. The van der Waals surface area contributed by atoms with E-state index in [4.69, 9.17) is 5.26 Å². The van der Waals surface area contributed by atoms with Crippen molar-refractivity contribution in [3.63, 3.8) is 0 Å². The fourth-order valence-electron chi connectivity index (χ4n) is 1.78. The molecule has 0 radical (unpaired) electrons. The third-order valence-corrected chi connectivity index (χ3v) is 3.11. The Hall–Kier alpha value is -2.19. The second-order valence-corrected chi connectivity index (χ2v) is 5.19. The number of aryl methyl sites for hydroxylation is 1. The van der Waals surface area contributed by atoms with Crippen LogP contribution in [0.15, 0.2) is 40.9 Å². The van der Waals surface area contributed by atoms with Crippen molar-refractivity contribution in [1.82, 2.24) is 0 Å². The highest BCUT2D eigenvalue weighted by molar-refractivity contribution is 9.10. The number of hydrogen-bond donors (Lipinski definition) is 1. The van der Waals surface area contributed by atoms with Gasteiger partial charge in [0.1, 0.15) is 11.9 Å². The number of amides is 1. The van der Waals surface area contributed by atoms with Gasteiger partial charge in [-0.2, -0.15) is 5.26 Å². The Balaban J connectivity index is 2.30. The van der Waals surface area contributed by atoms with E-state index in [-0.39, 0.29) is 17.2 Å². The summed E-state index contributed by atoms with van der Waals surface area (Å²) >= 11 is 3.32. The van der Waals surface area contributed by atoms with E-state index in [1.165, 1.54) is 12.1 Å². The number of benzene rings is 2. The van der Waals surface area contributed by atoms with Crippen molar-refractivity contribution >= 4 is 27.5 Å². The summed E-state index contributed by atoms with van der Waals surface area (Å²) < 4.78 is 13.8. The summed E-state index contributed by atoms with van der Waals surface area (Å²) in [7, 11) is 0. The molecular formula is C15H10BrFN2O. The number of nitriles is 1. The van der Waals surface area contributed by atoms with Crippen LogP contribution in [0, 0.1) is 24.1 Å². The van der Waals surface area contributed by atoms with Gasteiger partial charge in [-0.3, -0.25) is 4.79 Å². The number of nitrogens with one attached hydrogen (secondary N) is 1. The maximum absolute atomic E-state index is 13.0. The van der Waals surface area contributed by atoms with Gasteiger partial charge in [-0.05, 0) is 48.9 Å². The molecule has 0 aliphatic carbocycles. The summed E-state index contributed by atoms with van der Waals surface area (Å²) in [6.07, 6.45) is 0. The zero-order valence-corrected chi connectivity index (χ0v) is 12.2. The van der Waals surface area contributed by atoms with Crippen LogP contribution < -0.4 is 5.32 Å². The predicted molar refractivity (Wildman–Crippen MR) is 77.9 cm³/mol. The van der Waals surface area contributed by atoms with Crippen molar-refractivity contribution in [1.29, 1.82) is 5.26 Å². The summed E-state index contributed by atoms with van der Waals surface area (Å²) in [5.41, 5.74) is 1.77. The minimum absolute atomic E-state index is 0.0880. The lowest BCUT2D eigenvalue weighted by atomic mass is 10.1. The fourth-order valence-corrected chi connectivity index (χ4v) is 2.39.